The van der Waals surface area contributed by atoms with Gasteiger partial charge in [-0.15, -0.1) is 11.3 Å². The number of nitrogens with zero attached hydrogens (tertiary/aromatic N) is 2. The average Bonchev–Trinajstić information content (AvgIpc) is 3.65. The van der Waals surface area contributed by atoms with E-state index in [1.165, 1.54) is 64.3 Å². The van der Waals surface area contributed by atoms with E-state index in [-0.39, 0.29) is 5.41 Å². The highest BCUT2D eigenvalue weighted by atomic mass is 32.1. The molecular weight excluding hydrogens is 625 g/mol. The van der Waals surface area contributed by atoms with Crippen molar-refractivity contribution in [1.82, 2.24) is 9.97 Å². The van der Waals surface area contributed by atoms with Crippen LogP contribution in [0.3, 0.4) is 0 Å². The minimum absolute atomic E-state index is 0.0148. The van der Waals surface area contributed by atoms with Crippen LogP contribution in [-0.4, -0.2) is 9.97 Å². The molecule has 0 saturated heterocycles. The van der Waals surface area contributed by atoms with Gasteiger partial charge < -0.3 is 0 Å². The van der Waals surface area contributed by atoms with Crippen LogP contribution in [-0.2, 0) is 5.41 Å². The molecule has 7 aromatic carbocycles. The van der Waals surface area contributed by atoms with Crippen LogP contribution in [0, 0.1) is 0 Å². The molecule has 0 saturated carbocycles. The molecule has 0 fully saturated rings. The standard InChI is InChI=1S/C47H32N2S/c1-47(2)40-18-10-8-16-35(40)39-26-30(21-25-41(39)47)32-23-24-36(34-15-7-6-14-33(32)34)43-28-42(48-46(49-43)29-12-4-3-5-13-29)31-20-22-38-37-17-9-11-19-44(37)50-45(38)27-31/h3-28H,1-2H3. The number of aromatic nitrogens is 2. The Morgan fingerprint density at radius 3 is 1.90 bits per heavy atom. The van der Waals surface area contributed by atoms with Gasteiger partial charge in [-0.3, -0.25) is 0 Å². The molecule has 0 spiro atoms. The Morgan fingerprint density at radius 2 is 1.04 bits per heavy atom. The minimum Gasteiger partial charge on any atom is -0.228 e. The number of rotatable bonds is 4. The number of hydrogen-bond acceptors (Lipinski definition) is 3. The predicted molar refractivity (Wildman–Crippen MR) is 212 cm³/mol. The molecule has 0 amide bonds. The Morgan fingerprint density at radius 1 is 0.400 bits per heavy atom. The molecule has 0 atom stereocenters. The molecular formula is C47H32N2S. The van der Waals surface area contributed by atoms with E-state index in [9.17, 15) is 0 Å². The van der Waals surface area contributed by atoms with Crippen LogP contribution >= 0.6 is 11.3 Å². The lowest BCUT2D eigenvalue weighted by molar-refractivity contribution is 0.660. The molecule has 10 rings (SSSR count). The minimum atomic E-state index is -0.0148. The molecule has 1 aliphatic rings. The lowest BCUT2D eigenvalue weighted by Gasteiger charge is -2.21. The Hall–Kier alpha value is -5.90. The van der Waals surface area contributed by atoms with Crippen LogP contribution in [0.4, 0.5) is 0 Å². The summed E-state index contributed by atoms with van der Waals surface area (Å²) in [5.41, 5.74) is 12.9. The lowest BCUT2D eigenvalue weighted by atomic mass is 9.82. The van der Waals surface area contributed by atoms with Gasteiger partial charge >= 0.3 is 0 Å². The number of hydrogen-bond donors (Lipinski definition) is 0. The van der Waals surface area contributed by atoms with Crippen molar-refractivity contribution in [2.24, 2.45) is 0 Å². The summed E-state index contributed by atoms with van der Waals surface area (Å²) in [7, 11) is 0. The lowest BCUT2D eigenvalue weighted by Crippen LogP contribution is -2.14. The third-order valence-electron chi connectivity index (χ3n) is 10.5. The molecule has 236 valence electrons. The molecule has 1 aliphatic carbocycles. The first-order chi connectivity index (χ1) is 24.5. The van der Waals surface area contributed by atoms with Crippen LogP contribution < -0.4 is 0 Å². The summed E-state index contributed by atoms with van der Waals surface area (Å²) in [5, 5.41) is 4.97. The highest BCUT2D eigenvalue weighted by molar-refractivity contribution is 7.25. The smallest absolute Gasteiger partial charge is 0.160 e. The third-order valence-corrected chi connectivity index (χ3v) is 11.7. The first-order valence-electron chi connectivity index (χ1n) is 17.2. The topological polar surface area (TPSA) is 25.8 Å². The van der Waals surface area contributed by atoms with Gasteiger partial charge in [-0.1, -0.05) is 147 Å². The molecule has 0 aliphatic heterocycles. The first-order valence-corrected chi connectivity index (χ1v) is 18.0. The normalized spacial score (nSPS) is 13.2. The molecule has 0 bridgehead atoms. The maximum Gasteiger partial charge on any atom is 0.160 e. The molecule has 2 heterocycles. The summed E-state index contributed by atoms with van der Waals surface area (Å²) >= 11 is 1.83. The second-order valence-electron chi connectivity index (χ2n) is 13.8. The van der Waals surface area contributed by atoms with Crippen molar-refractivity contribution in [2.45, 2.75) is 19.3 Å². The van der Waals surface area contributed by atoms with Gasteiger partial charge in [-0.05, 0) is 68.4 Å². The molecule has 50 heavy (non-hydrogen) atoms. The van der Waals surface area contributed by atoms with Gasteiger partial charge in [-0.25, -0.2) is 9.97 Å². The highest BCUT2D eigenvalue weighted by Crippen LogP contribution is 2.50. The quantitative estimate of drug-likeness (QED) is 0.188. The van der Waals surface area contributed by atoms with Gasteiger partial charge in [0, 0.05) is 42.3 Å². The van der Waals surface area contributed by atoms with Crippen molar-refractivity contribution < 1.29 is 0 Å². The van der Waals surface area contributed by atoms with E-state index in [4.69, 9.17) is 9.97 Å². The summed E-state index contributed by atoms with van der Waals surface area (Å²) in [6, 6.07) is 57.0. The molecule has 9 aromatic rings. The maximum atomic E-state index is 5.23. The second kappa shape index (κ2) is 11.1. The van der Waals surface area contributed by atoms with Crippen LogP contribution in [0.2, 0.25) is 0 Å². The summed E-state index contributed by atoms with van der Waals surface area (Å²) in [6.45, 7) is 4.67. The summed E-state index contributed by atoms with van der Waals surface area (Å²) in [4.78, 5) is 10.4. The van der Waals surface area contributed by atoms with Crippen molar-refractivity contribution in [3.63, 3.8) is 0 Å². The Bertz CT molecular complexity index is 2790. The third kappa shape index (κ3) is 4.47. The zero-order valence-corrected chi connectivity index (χ0v) is 28.6. The highest BCUT2D eigenvalue weighted by Gasteiger charge is 2.35. The Kier molecular flexibility index (Phi) is 6.43. The zero-order chi connectivity index (χ0) is 33.4. The first kappa shape index (κ1) is 29.1. The van der Waals surface area contributed by atoms with Gasteiger partial charge in [-0.2, -0.15) is 0 Å². The fourth-order valence-electron chi connectivity index (χ4n) is 8.00. The van der Waals surface area contributed by atoms with Crippen molar-refractivity contribution in [1.29, 1.82) is 0 Å². The zero-order valence-electron chi connectivity index (χ0n) is 27.8. The van der Waals surface area contributed by atoms with Gasteiger partial charge in [0.1, 0.15) is 0 Å². The van der Waals surface area contributed by atoms with E-state index in [0.717, 1.165) is 33.9 Å². The van der Waals surface area contributed by atoms with E-state index in [1.54, 1.807) is 0 Å². The number of fused-ring (bicyclic) bond motifs is 7. The monoisotopic (exact) mass is 656 g/mol. The van der Waals surface area contributed by atoms with Crippen molar-refractivity contribution in [2.75, 3.05) is 0 Å². The van der Waals surface area contributed by atoms with Gasteiger partial charge in [0.05, 0.1) is 11.4 Å². The average molecular weight is 657 g/mol. The van der Waals surface area contributed by atoms with E-state index in [1.807, 2.05) is 17.4 Å². The molecule has 0 N–H and O–H groups in total. The number of benzene rings is 7. The molecule has 2 nitrogen and oxygen atoms in total. The van der Waals surface area contributed by atoms with Crippen molar-refractivity contribution in [3.05, 3.63) is 169 Å². The van der Waals surface area contributed by atoms with Crippen molar-refractivity contribution >= 4 is 42.3 Å². The summed E-state index contributed by atoms with van der Waals surface area (Å²) < 4.78 is 2.57. The predicted octanol–water partition coefficient (Wildman–Crippen LogP) is 13.0. The fourth-order valence-corrected chi connectivity index (χ4v) is 9.14. The van der Waals surface area contributed by atoms with Crippen LogP contribution in [0.5, 0.6) is 0 Å². The van der Waals surface area contributed by atoms with Gasteiger partial charge in [0.2, 0.25) is 0 Å². The van der Waals surface area contributed by atoms with E-state index in [0.29, 0.717) is 0 Å². The molecule has 0 radical (unpaired) electrons. The SMILES string of the molecule is CC1(C)c2ccccc2-c2cc(-c3ccc(-c4cc(-c5ccc6c(c5)sc5ccccc56)nc(-c5ccccc5)n4)c4ccccc34)ccc21. The summed E-state index contributed by atoms with van der Waals surface area (Å²) in [5.74, 6) is 0.725. The maximum absolute atomic E-state index is 5.23. The molecule has 0 unspecified atom stereocenters. The van der Waals surface area contributed by atoms with Gasteiger partial charge in [0.15, 0.2) is 5.82 Å². The van der Waals surface area contributed by atoms with Gasteiger partial charge in [0.25, 0.3) is 0 Å². The van der Waals surface area contributed by atoms with E-state index >= 15 is 0 Å². The van der Waals surface area contributed by atoms with Crippen LogP contribution in [0.15, 0.2) is 158 Å². The van der Waals surface area contributed by atoms with E-state index in [2.05, 4.69) is 166 Å². The Labute approximate surface area is 295 Å². The summed E-state index contributed by atoms with van der Waals surface area (Å²) in [6.07, 6.45) is 0. The number of thiophene rings is 1. The van der Waals surface area contributed by atoms with Crippen molar-refractivity contribution in [3.8, 4) is 56.2 Å². The fraction of sp³-hybridized carbons (Fsp3) is 0.0638. The Balaban J connectivity index is 1.15. The van der Waals surface area contributed by atoms with Crippen LogP contribution in [0.1, 0.15) is 25.0 Å². The van der Waals surface area contributed by atoms with Crippen LogP contribution in [0.25, 0.3) is 87.1 Å². The largest absolute Gasteiger partial charge is 0.228 e. The molecule has 3 heteroatoms. The second-order valence-corrected chi connectivity index (χ2v) is 14.9. The van der Waals surface area contributed by atoms with E-state index < -0.39 is 0 Å². The molecule has 2 aromatic heterocycles.